The van der Waals surface area contributed by atoms with E-state index in [9.17, 15) is 8.42 Å². The standard InChI is InChI=1S/C17H17BrN2O3S/c1-11-5-4-6-12(2)17(11)23-16-7-13-9-19-20(10-24(3,21)22)15(13)8-14(16)18/h4-9H,10H2,1-3H3. The Balaban J connectivity index is 2.03. The highest BCUT2D eigenvalue weighted by Gasteiger charge is 2.14. The van der Waals surface area contributed by atoms with E-state index in [1.165, 1.54) is 10.9 Å². The second kappa shape index (κ2) is 6.22. The minimum atomic E-state index is -3.17. The second-order valence-electron chi connectivity index (χ2n) is 5.86. The summed E-state index contributed by atoms with van der Waals surface area (Å²) in [5, 5.41) is 4.99. The quantitative estimate of drug-likeness (QED) is 0.648. The molecule has 126 valence electrons. The van der Waals surface area contributed by atoms with Gasteiger partial charge in [0.1, 0.15) is 17.4 Å². The van der Waals surface area contributed by atoms with Crippen LogP contribution >= 0.6 is 15.9 Å². The van der Waals surface area contributed by atoms with Crippen LogP contribution in [0.2, 0.25) is 0 Å². The first-order chi connectivity index (χ1) is 11.2. The van der Waals surface area contributed by atoms with Gasteiger partial charge in [0.25, 0.3) is 0 Å². The largest absolute Gasteiger partial charge is 0.456 e. The van der Waals surface area contributed by atoms with Crippen molar-refractivity contribution in [1.29, 1.82) is 0 Å². The normalized spacial score (nSPS) is 11.8. The van der Waals surface area contributed by atoms with E-state index in [4.69, 9.17) is 4.74 Å². The Kier molecular flexibility index (Phi) is 4.40. The third-order valence-corrected chi connectivity index (χ3v) is 5.01. The number of halogens is 1. The van der Waals surface area contributed by atoms with Crippen molar-refractivity contribution < 1.29 is 13.2 Å². The van der Waals surface area contributed by atoms with E-state index in [2.05, 4.69) is 21.0 Å². The summed E-state index contributed by atoms with van der Waals surface area (Å²) in [6, 6.07) is 9.68. The molecule has 7 heteroatoms. The van der Waals surface area contributed by atoms with Crippen molar-refractivity contribution in [3.63, 3.8) is 0 Å². The van der Waals surface area contributed by atoms with Crippen molar-refractivity contribution in [2.75, 3.05) is 6.26 Å². The highest BCUT2D eigenvalue weighted by Crippen LogP contribution is 2.36. The monoisotopic (exact) mass is 408 g/mol. The van der Waals surface area contributed by atoms with Gasteiger partial charge in [-0.05, 0) is 53.0 Å². The molecule has 0 fully saturated rings. The van der Waals surface area contributed by atoms with Gasteiger partial charge in [0, 0.05) is 11.6 Å². The molecule has 0 atom stereocenters. The summed E-state index contributed by atoms with van der Waals surface area (Å²) in [5.41, 5.74) is 2.84. The number of hydrogen-bond acceptors (Lipinski definition) is 4. The van der Waals surface area contributed by atoms with E-state index >= 15 is 0 Å². The third kappa shape index (κ3) is 3.47. The molecule has 0 amide bonds. The van der Waals surface area contributed by atoms with Crippen molar-refractivity contribution in [1.82, 2.24) is 9.78 Å². The molecule has 0 aliphatic heterocycles. The maximum Gasteiger partial charge on any atom is 0.167 e. The molecule has 0 bridgehead atoms. The second-order valence-corrected chi connectivity index (χ2v) is 8.83. The molecule has 0 saturated carbocycles. The van der Waals surface area contributed by atoms with Gasteiger partial charge in [-0.3, -0.25) is 0 Å². The average Bonchev–Trinajstić information content (AvgIpc) is 2.83. The lowest BCUT2D eigenvalue weighted by Crippen LogP contribution is -2.09. The highest BCUT2D eigenvalue weighted by atomic mass is 79.9. The Morgan fingerprint density at radius 2 is 1.88 bits per heavy atom. The first-order valence-corrected chi connectivity index (χ1v) is 10.2. The summed E-state index contributed by atoms with van der Waals surface area (Å²) < 4.78 is 31.3. The van der Waals surface area contributed by atoms with Gasteiger partial charge < -0.3 is 4.74 Å². The Hall–Kier alpha value is -1.86. The van der Waals surface area contributed by atoms with Crippen LogP contribution in [-0.2, 0) is 15.7 Å². The van der Waals surface area contributed by atoms with Gasteiger partial charge >= 0.3 is 0 Å². The molecule has 3 aromatic rings. The number of ether oxygens (including phenoxy) is 1. The van der Waals surface area contributed by atoms with E-state index < -0.39 is 9.84 Å². The minimum Gasteiger partial charge on any atom is -0.456 e. The summed E-state index contributed by atoms with van der Waals surface area (Å²) in [4.78, 5) is 0. The zero-order chi connectivity index (χ0) is 17.5. The number of aryl methyl sites for hydroxylation is 2. The lowest BCUT2D eigenvalue weighted by molar-refractivity contribution is 0.473. The van der Waals surface area contributed by atoms with E-state index in [1.807, 2.05) is 44.2 Å². The van der Waals surface area contributed by atoms with Crippen LogP contribution in [0.25, 0.3) is 10.9 Å². The first-order valence-electron chi connectivity index (χ1n) is 7.31. The van der Waals surface area contributed by atoms with Crippen LogP contribution in [0.3, 0.4) is 0 Å². The molecule has 0 aliphatic rings. The molecular weight excluding hydrogens is 392 g/mol. The van der Waals surface area contributed by atoms with Crippen LogP contribution in [-0.4, -0.2) is 24.5 Å². The Morgan fingerprint density at radius 1 is 1.21 bits per heavy atom. The first kappa shape index (κ1) is 17.0. The Labute approximate surface area is 149 Å². The van der Waals surface area contributed by atoms with Gasteiger partial charge in [-0.15, -0.1) is 0 Å². The van der Waals surface area contributed by atoms with Crippen molar-refractivity contribution in [2.24, 2.45) is 0 Å². The molecule has 0 radical (unpaired) electrons. The molecule has 0 saturated heterocycles. The predicted octanol–water partition coefficient (Wildman–Crippen LogP) is 4.21. The maximum absolute atomic E-state index is 11.5. The molecule has 0 unspecified atom stereocenters. The summed E-state index contributed by atoms with van der Waals surface area (Å²) >= 11 is 3.51. The summed E-state index contributed by atoms with van der Waals surface area (Å²) in [7, 11) is -3.17. The van der Waals surface area contributed by atoms with Gasteiger partial charge in [-0.25, -0.2) is 13.1 Å². The van der Waals surface area contributed by atoms with Crippen LogP contribution in [0.4, 0.5) is 0 Å². The van der Waals surface area contributed by atoms with Gasteiger partial charge in [0.2, 0.25) is 0 Å². The number of fused-ring (bicyclic) bond motifs is 1. The van der Waals surface area contributed by atoms with Gasteiger partial charge in [0.05, 0.1) is 16.2 Å². The lowest BCUT2D eigenvalue weighted by Gasteiger charge is -2.13. The van der Waals surface area contributed by atoms with Gasteiger partial charge in [0.15, 0.2) is 9.84 Å². The van der Waals surface area contributed by atoms with Crippen LogP contribution in [0, 0.1) is 13.8 Å². The number of rotatable bonds is 4. The Morgan fingerprint density at radius 3 is 2.50 bits per heavy atom. The molecule has 0 aliphatic carbocycles. The van der Waals surface area contributed by atoms with Crippen LogP contribution in [0.1, 0.15) is 11.1 Å². The maximum atomic E-state index is 11.5. The number of para-hydroxylation sites is 1. The fraction of sp³-hybridized carbons (Fsp3) is 0.235. The zero-order valence-corrected chi connectivity index (χ0v) is 16.0. The van der Waals surface area contributed by atoms with E-state index in [0.29, 0.717) is 5.75 Å². The molecule has 0 N–H and O–H groups in total. The number of nitrogens with zero attached hydrogens (tertiary/aromatic N) is 2. The molecule has 0 spiro atoms. The SMILES string of the molecule is Cc1cccc(C)c1Oc1cc2cnn(CS(C)(=O)=O)c2cc1Br. The number of aromatic nitrogens is 2. The molecule has 5 nitrogen and oxygen atoms in total. The summed E-state index contributed by atoms with van der Waals surface area (Å²) in [6.07, 6.45) is 2.83. The molecule has 2 aromatic carbocycles. The van der Waals surface area contributed by atoms with E-state index in [0.717, 1.165) is 32.3 Å². The van der Waals surface area contributed by atoms with Crippen molar-refractivity contribution in [2.45, 2.75) is 19.7 Å². The fourth-order valence-electron chi connectivity index (χ4n) is 2.55. The lowest BCUT2D eigenvalue weighted by atomic mass is 10.1. The van der Waals surface area contributed by atoms with E-state index in [-0.39, 0.29) is 5.88 Å². The van der Waals surface area contributed by atoms with Crippen molar-refractivity contribution in [3.05, 3.63) is 52.1 Å². The Bertz CT molecular complexity index is 1010. The highest BCUT2D eigenvalue weighted by molar-refractivity contribution is 9.10. The molecule has 1 heterocycles. The molecule has 24 heavy (non-hydrogen) atoms. The average molecular weight is 409 g/mol. The smallest absolute Gasteiger partial charge is 0.167 e. The molecular formula is C17H17BrN2O3S. The molecule has 1 aromatic heterocycles. The van der Waals surface area contributed by atoms with Crippen LogP contribution in [0.5, 0.6) is 11.5 Å². The van der Waals surface area contributed by atoms with Gasteiger partial charge in [-0.1, -0.05) is 18.2 Å². The minimum absolute atomic E-state index is 0.153. The number of sulfone groups is 1. The van der Waals surface area contributed by atoms with Gasteiger partial charge in [-0.2, -0.15) is 5.10 Å². The van der Waals surface area contributed by atoms with Crippen molar-refractivity contribution in [3.8, 4) is 11.5 Å². The summed E-state index contributed by atoms with van der Waals surface area (Å²) in [6.45, 7) is 4.00. The zero-order valence-electron chi connectivity index (χ0n) is 13.6. The fourth-order valence-corrected chi connectivity index (χ4v) is 3.62. The number of hydrogen-bond donors (Lipinski definition) is 0. The van der Waals surface area contributed by atoms with Crippen LogP contribution in [0.15, 0.2) is 41.0 Å². The predicted molar refractivity (Wildman–Crippen MR) is 98.3 cm³/mol. The number of benzene rings is 2. The third-order valence-electron chi connectivity index (χ3n) is 3.67. The van der Waals surface area contributed by atoms with E-state index in [1.54, 1.807) is 6.20 Å². The van der Waals surface area contributed by atoms with Crippen LogP contribution < -0.4 is 4.74 Å². The molecule has 3 rings (SSSR count). The van der Waals surface area contributed by atoms with Crippen molar-refractivity contribution >= 4 is 36.7 Å². The summed E-state index contributed by atoms with van der Waals surface area (Å²) in [5.74, 6) is 1.33. The topological polar surface area (TPSA) is 61.2 Å².